The first-order valence-electron chi connectivity index (χ1n) is 8.51. The van der Waals surface area contributed by atoms with Crippen LogP contribution in [0.25, 0.3) is 5.57 Å². The van der Waals surface area contributed by atoms with Gasteiger partial charge in [-0.3, -0.25) is 0 Å². The summed E-state index contributed by atoms with van der Waals surface area (Å²) in [5.74, 6) is -0.701. The highest BCUT2D eigenvalue weighted by Crippen LogP contribution is 2.39. The van der Waals surface area contributed by atoms with Gasteiger partial charge >= 0.3 is 5.97 Å². The minimum atomic E-state index is -1.44. The molecule has 0 amide bonds. The minimum absolute atomic E-state index is 0.125. The lowest BCUT2D eigenvalue weighted by atomic mass is 9.98. The van der Waals surface area contributed by atoms with Crippen molar-refractivity contribution >= 4 is 23.3 Å². The minimum Gasteiger partial charge on any atom is -0.462 e. The van der Waals surface area contributed by atoms with Crippen LogP contribution in [0.3, 0.4) is 0 Å². The molecular formula is C19H22F2O2S. The Bertz CT molecular complexity index is 600. The summed E-state index contributed by atoms with van der Waals surface area (Å²) in [5, 5.41) is 0.720. The summed E-state index contributed by atoms with van der Waals surface area (Å²) < 4.78 is 32.0. The van der Waals surface area contributed by atoms with Crippen molar-refractivity contribution in [1.82, 2.24) is 0 Å². The van der Waals surface area contributed by atoms with E-state index in [0.29, 0.717) is 5.57 Å². The number of hydrogen-bond acceptors (Lipinski definition) is 3. The number of thioether (sulfide) groups is 1. The van der Waals surface area contributed by atoms with E-state index in [4.69, 9.17) is 4.74 Å². The van der Waals surface area contributed by atoms with Gasteiger partial charge in [-0.05, 0) is 56.2 Å². The number of rotatable bonds is 6. The molecule has 24 heavy (non-hydrogen) atoms. The van der Waals surface area contributed by atoms with Crippen LogP contribution in [-0.2, 0) is 9.53 Å². The fourth-order valence-corrected chi connectivity index (χ4v) is 3.97. The first-order valence-corrected chi connectivity index (χ1v) is 9.39. The largest absolute Gasteiger partial charge is 0.462 e. The number of carbonyl (C=O) groups excluding carboxylic acids is 1. The summed E-state index contributed by atoms with van der Waals surface area (Å²) in [4.78, 5) is 13.5. The van der Waals surface area contributed by atoms with Crippen molar-refractivity contribution in [2.75, 3.05) is 6.61 Å². The van der Waals surface area contributed by atoms with Gasteiger partial charge in [0.25, 0.3) is 0 Å². The van der Waals surface area contributed by atoms with Crippen molar-refractivity contribution < 1.29 is 18.3 Å². The standard InChI is InChI=1S/C19H22F2O2S/c1-2-23-19(22)16(9-12-10-17(20)18(21)11-12)13-3-5-14(6-4-13)24-15-7-8-15/h3-6,9,12,15,17-18H,2,7-8,10-11H2,1H3/b16-9-/t12?,17-,18+. The van der Waals surface area contributed by atoms with Crippen molar-refractivity contribution in [3.8, 4) is 0 Å². The predicted molar refractivity (Wildman–Crippen MR) is 92.4 cm³/mol. The normalized spacial score (nSPS) is 27.3. The monoisotopic (exact) mass is 352 g/mol. The Kier molecular flexibility index (Phi) is 5.59. The number of allylic oxidation sites excluding steroid dienone is 1. The second-order valence-electron chi connectivity index (χ2n) is 6.41. The van der Waals surface area contributed by atoms with Crippen LogP contribution in [0.4, 0.5) is 8.78 Å². The Hall–Kier alpha value is -1.36. The zero-order valence-corrected chi connectivity index (χ0v) is 14.5. The molecule has 0 saturated heterocycles. The van der Waals surface area contributed by atoms with Gasteiger partial charge in [-0.25, -0.2) is 13.6 Å². The molecule has 2 nitrogen and oxygen atoms in total. The van der Waals surface area contributed by atoms with Gasteiger partial charge in [0.15, 0.2) is 0 Å². The maximum Gasteiger partial charge on any atom is 0.338 e. The number of hydrogen-bond donors (Lipinski definition) is 0. The number of carbonyl (C=O) groups is 1. The third-order valence-corrected chi connectivity index (χ3v) is 5.69. The molecule has 0 aliphatic heterocycles. The molecule has 2 fully saturated rings. The lowest BCUT2D eigenvalue weighted by Gasteiger charge is -2.11. The Labute approximate surface area is 145 Å². The maximum absolute atomic E-state index is 13.4. The second-order valence-corrected chi connectivity index (χ2v) is 7.78. The van der Waals surface area contributed by atoms with Crippen LogP contribution >= 0.6 is 11.8 Å². The third kappa shape index (κ3) is 4.38. The van der Waals surface area contributed by atoms with E-state index in [1.807, 2.05) is 36.0 Å². The lowest BCUT2D eigenvalue weighted by Crippen LogP contribution is -2.08. The number of alkyl halides is 2. The summed E-state index contributed by atoms with van der Waals surface area (Å²) in [6.45, 7) is 2.02. The molecule has 3 rings (SSSR count). The van der Waals surface area contributed by atoms with Crippen LogP contribution in [0.15, 0.2) is 35.2 Å². The number of esters is 1. The summed E-state index contributed by atoms with van der Waals surface area (Å²) in [6.07, 6.45) is 1.58. The zero-order chi connectivity index (χ0) is 17.1. The van der Waals surface area contributed by atoms with Gasteiger partial charge in [-0.1, -0.05) is 18.2 Å². The topological polar surface area (TPSA) is 26.3 Å². The average Bonchev–Trinajstić information content (AvgIpc) is 3.31. The van der Waals surface area contributed by atoms with E-state index in [-0.39, 0.29) is 25.4 Å². The number of benzene rings is 1. The highest BCUT2D eigenvalue weighted by Gasteiger charge is 2.34. The van der Waals surface area contributed by atoms with E-state index in [2.05, 4.69) is 0 Å². The van der Waals surface area contributed by atoms with Crippen LogP contribution in [0.1, 0.15) is 38.2 Å². The molecule has 0 radical (unpaired) electrons. The van der Waals surface area contributed by atoms with Crippen LogP contribution < -0.4 is 0 Å². The van der Waals surface area contributed by atoms with Gasteiger partial charge in [0.1, 0.15) is 12.3 Å². The summed E-state index contributed by atoms with van der Waals surface area (Å²) in [6, 6.07) is 7.77. The average molecular weight is 352 g/mol. The van der Waals surface area contributed by atoms with Crippen molar-refractivity contribution in [2.45, 2.75) is 55.1 Å². The molecule has 130 valence electrons. The van der Waals surface area contributed by atoms with E-state index >= 15 is 0 Å². The number of halogens is 2. The number of ether oxygens (including phenoxy) is 1. The fraction of sp³-hybridized carbons (Fsp3) is 0.526. The van der Waals surface area contributed by atoms with Crippen LogP contribution in [0.5, 0.6) is 0 Å². The van der Waals surface area contributed by atoms with Gasteiger partial charge in [-0.2, -0.15) is 0 Å². The molecule has 1 aromatic carbocycles. The zero-order valence-electron chi connectivity index (χ0n) is 13.7. The van der Waals surface area contributed by atoms with Gasteiger partial charge < -0.3 is 4.74 Å². The molecule has 0 heterocycles. The van der Waals surface area contributed by atoms with E-state index in [1.54, 1.807) is 13.0 Å². The van der Waals surface area contributed by atoms with Gasteiger partial charge in [0.05, 0.1) is 12.2 Å². The first-order chi connectivity index (χ1) is 11.6. The summed E-state index contributed by atoms with van der Waals surface area (Å²) >= 11 is 1.85. The Morgan fingerprint density at radius 2 is 1.83 bits per heavy atom. The molecule has 0 spiro atoms. The van der Waals surface area contributed by atoms with E-state index in [1.165, 1.54) is 17.7 Å². The molecule has 2 aliphatic rings. The van der Waals surface area contributed by atoms with Crippen LogP contribution in [0.2, 0.25) is 0 Å². The SMILES string of the molecule is CCOC(=O)/C(=C\C1C[C@@H](F)[C@@H](F)C1)c1ccc(SC2CC2)cc1. The van der Waals surface area contributed by atoms with Crippen molar-refractivity contribution in [3.05, 3.63) is 35.9 Å². The molecule has 0 bridgehead atoms. The molecule has 3 atom stereocenters. The lowest BCUT2D eigenvalue weighted by molar-refractivity contribution is -0.136. The fourth-order valence-electron chi connectivity index (χ4n) is 2.92. The Balaban J connectivity index is 1.79. The van der Waals surface area contributed by atoms with Crippen molar-refractivity contribution in [1.29, 1.82) is 0 Å². The molecule has 1 unspecified atom stereocenters. The third-order valence-electron chi connectivity index (χ3n) is 4.34. The molecule has 5 heteroatoms. The van der Waals surface area contributed by atoms with Crippen LogP contribution in [0, 0.1) is 5.92 Å². The van der Waals surface area contributed by atoms with E-state index in [9.17, 15) is 13.6 Å². The van der Waals surface area contributed by atoms with Crippen molar-refractivity contribution in [2.24, 2.45) is 5.92 Å². The van der Waals surface area contributed by atoms with E-state index < -0.39 is 18.3 Å². The van der Waals surface area contributed by atoms with Gasteiger partial charge in [-0.15, -0.1) is 11.8 Å². The predicted octanol–water partition coefficient (Wildman–Crippen LogP) is 4.97. The van der Waals surface area contributed by atoms with Crippen molar-refractivity contribution in [3.63, 3.8) is 0 Å². The van der Waals surface area contributed by atoms with Gasteiger partial charge in [0, 0.05) is 10.1 Å². The molecule has 1 aromatic rings. The first kappa shape index (κ1) is 17.5. The molecular weight excluding hydrogens is 330 g/mol. The quantitative estimate of drug-likeness (QED) is 0.534. The maximum atomic E-state index is 13.4. The molecule has 2 saturated carbocycles. The summed E-state index contributed by atoms with van der Waals surface area (Å²) in [5.41, 5.74) is 1.15. The van der Waals surface area contributed by atoms with Crippen LogP contribution in [-0.4, -0.2) is 30.2 Å². The van der Waals surface area contributed by atoms with E-state index in [0.717, 1.165) is 10.8 Å². The highest BCUT2D eigenvalue weighted by atomic mass is 32.2. The smallest absolute Gasteiger partial charge is 0.338 e. The molecule has 2 aliphatic carbocycles. The van der Waals surface area contributed by atoms with Gasteiger partial charge in [0.2, 0.25) is 0 Å². The molecule has 0 N–H and O–H groups in total. The highest BCUT2D eigenvalue weighted by molar-refractivity contribution is 8.00. The summed E-state index contributed by atoms with van der Waals surface area (Å²) in [7, 11) is 0. The second kappa shape index (κ2) is 7.68. The Morgan fingerprint density at radius 1 is 1.21 bits per heavy atom. The Morgan fingerprint density at radius 3 is 2.38 bits per heavy atom. The molecule has 0 aromatic heterocycles.